The molecule has 1 heterocycles. The molecule has 2 fully saturated rings. The van der Waals surface area contributed by atoms with E-state index in [1.807, 2.05) is 25.1 Å². The summed E-state index contributed by atoms with van der Waals surface area (Å²) in [7, 11) is 3.27. The van der Waals surface area contributed by atoms with Crippen LogP contribution in [0.3, 0.4) is 0 Å². The summed E-state index contributed by atoms with van der Waals surface area (Å²) in [6.45, 7) is 8.13. The van der Waals surface area contributed by atoms with E-state index in [4.69, 9.17) is 14.2 Å². The number of nitrogens with zero attached hydrogens (tertiary/aromatic N) is 1. The fourth-order valence-electron chi connectivity index (χ4n) is 4.09. The lowest BCUT2D eigenvalue weighted by Crippen LogP contribution is -2.67. The van der Waals surface area contributed by atoms with Crippen molar-refractivity contribution in [2.75, 3.05) is 32.7 Å². The molecule has 0 amide bonds. The fraction of sp³-hybridized carbons (Fsp3) is 0.632. The lowest BCUT2D eigenvalue weighted by Gasteiger charge is -2.54. The third kappa shape index (κ3) is 3.27. The zero-order valence-corrected chi connectivity index (χ0v) is 15.8. The second-order valence-electron chi connectivity index (χ2n) is 7.21. The number of guanidine groups is 1. The number of rotatable bonds is 5. The SMILES string of the molecule is CCN=C(Nc1ccc(OC)c(OC)c1)NC1C2CCOC2C1(C)C. The lowest BCUT2D eigenvalue weighted by molar-refractivity contribution is -0.106. The molecule has 138 valence electrons. The highest BCUT2D eigenvalue weighted by Crippen LogP contribution is 2.52. The van der Waals surface area contributed by atoms with Crippen LogP contribution in [-0.4, -0.2) is 45.5 Å². The summed E-state index contributed by atoms with van der Waals surface area (Å²) < 4.78 is 16.6. The zero-order chi connectivity index (χ0) is 18.0. The van der Waals surface area contributed by atoms with E-state index in [1.165, 1.54) is 0 Å². The molecule has 25 heavy (non-hydrogen) atoms. The summed E-state index contributed by atoms with van der Waals surface area (Å²) in [5, 5.41) is 7.00. The molecule has 3 atom stereocenters. The number of ether oxygens (including phenoxy) is 3. The van der Waals surface area contributed by atoms with Crippen molar-refractivity contribution in [1.29, 1.82) is 0 Å². The van der Waals surface area contributed by atoms with E-state index in [0.29, 0.717) is 36.1 Å². The minimum atomic E-state index is 0.106. The highest BCUT2D eigenvalue weighted by atomic mass is 16.5. The molecule has 0 bridgehead atoms. The Labute approximate surface area is 149 Å². The minimum absolute atomic E-state index is 0.106. The Hall–Kier alpha value is -1.95. The number of hydrogen-bond donors (Lipinski definition) is 2. The Balaban J connectivity index is 1.73. The van der Waals surface area contributed by atoms with Crippen LogP contribution in [0, 0.1) is 11.3 Å². The molecule has 0 spiro atoms. The number of nitrogens with one attached hydrogen (secondary N) is 2. The summed E-state index contributed by atoms with van der Waals surface area (Å²) in [5.41, 5.74) is 1.02. The second-order valence-corrected chi connectivity index (χ2v) is 7.21. The zero-order valence-electron chi connectivity index (χ0n) is 15.8. The number of aliphatic imine (C=N–C) groups is 1. The first-order valence-corrected chi connectivity index (χ1v) is 8.93. The maximum atomic E-state index is 5.88. The van der Waals surface area contributed by atoms with E-state index < -0.39 is 0 Å². The molecule has 1 aromatic carbocycles. The molecule has 1 aromatic rings. The van der Waals surface area contributed by atoms with Gasteiger partial charge in [0.05, 0.1) is 20.3 Å². The minimum Gasteiger partial charge on any atom is -0.493 e. The van der Waals surface area contributed by atoms with Crippen LogP contribution in [0.1, 0.15) is 27.2 Å². The molecule has 2 aliphatic rings. The average Bonchev–Trinajstić information content (AvgIpc) is 3.06. The van der Waals surface area contributed by atoms with Gasteiger partial charge in [-0.25, -0.2) is 0 Å². The van der Waals surface area contributed by atoms with Gasteiger partial charge in [-0.05, 0) is 25.5 Å². The Kier molecular flexibility index (Phi) is 5.08. The van der Waals surface area contributed by atoms with Crippen molar-refractivity contribution in [2.45, 2.75) is 39.3 Å². The topological polar surface area (TPSA) is 64.1 Å². The van der Waals surface area contributed by atoms with E-state index in [1.54, 1.807) is 14.2 Å². The van der Waals surface area contributed by atoms with Gasteiger partial charge in [0.2, 0.25) is 0 Å². The van der Waals surface area contributed by atoms with Crippen molar-refractivity contribution in [2.24, 2.45) is 16.3 Å². The van der Waals surface area contributed by atoms with Crippen molar-refractivity contribution in [1.82, 2.24) is 5.32 Å². The van der Waals surface area contributed by atoms with Gasteiger partial charge in [0.1, 0.15) is 0 Å². The fourth-order valence-corrected chi connectivity index (χ4v) is 4.09. The van der Waals surface area contributed by atoms with Crippen LogP contribution in [0.25, 0.3) is 0 Å². The van der Waals surface area contributed by atoms with Crippen molar-refractivity contribution in [3.05, 3.63) is 18.2 Å². The molecule has 0 radical (unpaired) electrons. The normalized spacial score (nSPS) is 27.2. The molecule has 0 aromatic heterocycles. The maximum Gasteiger partial charge on any atom is 0.196 e. The Bertz CT molecular complexity index is 645. The first kappa shape index (κ1) is 17.9. The largest absolute Gasteiger partial charge is 0.493 e. The van der Waals surface area contributed by atoms with Crippen LogP contribution in [0.5, 0.6) is 11.5 Å². The summed E-state index contributed by atoms with van der Waals surface area (Å²) in [6, 6.07) is 6.12. The van der Waals surface area contributed by atoms with E-state index >= 15 is 0 Å². The van der Waals surface area contributed by atoms with E-state index in [-0.39, 0.29) is 5.41 Å². The third-order valence-electron chi connectivity index (χ3n) is 5.36. The molecule has 1 aliphatic carbocycles. The third-order valence-corrected chi connectivity index (χ3v) is 5.36. The van der Waals surface area contributed by atoms with Crippen LogP contribution in [0.4, 0.5) is 5.69 Å². The summed E-state index contributed by atoms with van der Waals surface area (Å²) in [6.07, 6.45) is 1.47. The first-order valence-electron chi connectivity index (χ1n) is 8.93. The van der Waals surface area contributed by atoms with Gasteiger partial charge in [0, 0.05) is 42.3 Å². The Morgan fingerprint density at radius 2 is 2.04 bits per heavy atom. The molecule has 1 saturated carbocycles. The van der Waals surface area contributed by atoms with Gasteiger partial charge < -0.3 is 24.8 Å². The van der Waals surface area contributed by atoms with Gasteiger partial charge in [-0.15, -0.1) is 0 Å². The number of anilines is 1. The molecule has 6 heteroatoms. The van der Waals surface area contributed by atoms with Crippen LogP contribution in [-0.2, 0) is 4.74 Å². The van der Waals surface area contributed by atoms with Crippen LogP contribution in [0.2, 0.25) is 0 Å². The van der Waals surface area contributed by atoms with Gasteiger partial charge >= 0.3 is 0 Å². The molecule has 6 nitrogen and oxygen atoms in total. The highest BCUT2D eigenvalue weighted by molar-refractivity contribution is 5.94. The maximum absolute atomic E-state index is 5.88. The highest BCUT2D eigenvalue weighted by Gasteiger charge is 2.59. The average molecular weight is 347 g/mol. The Morgan fingerprint density at radius 1 is 1.28 bits per heavy atom. The van der Waals surface area contributed by atoms with Crippen molar-refractivity contribution < 1.29 is 14.2 Å². The summed E-state index contributed by atoms with van der Waals surface area (Å²) in [5.74, 6) is 2.75. The Morgan fingerprint density at radius 3 is 2.72 bits per heavy atom. The molecule has 1 aliphatic heterocycles. The van der Waals surface area contributed by atoms with Crippen molar-refractivity contribution in [3.8, 4) is 11.5 Å². The van der Waals surface area contributed by atoms with E-state index in [0.717, 1.165) is 24.7 Å². The monoisotopic (exact) mass is 347 g/mol. The van der Waals surface area contributed by atoms with Crippen LogP contribution in [0.15, 0.2) is 23.2 Å². The smallest absolute Gasteiger partial charge is 0.196 e. The number of benzene rings is 1. The number of hydrogen-bond acceptors (Lipinski definition) is 4. The van der Waals surface area contributed by atoms with Gasteiger partial charge in [0.25, 0.3) is 0 Å². The number of methoxy groups -OCH3 is 2. The van der Waals surface area contributed by atoms with Crippen molar-refractivity contribution in [3.63, 3.8) is 0 Å². The van der Waals surface area contributed by atoms with Gasteiger partial charge in [-0.1, -0.05) is 13.8 Å². The number of fused-ring (bicyclic) bond motifs is 1. The quantitative estimate of drug-likeness (QED) is 0.633. The first-order chi connectivity index (χ1) is 12.0. The predicted octanol–water partition coefficient (Wildman–Crippen LogP) is 2.89. The van der Waals surface area contributed by atoms with E-state index in [9.17, 15) is 0 Å². The molecule has 2 N–H and O–H groups in total. The molecule has 3 rings (SSSR count). The molecular weight excluding hydrogens is 318 g/mol. The van der Waals surface area contributed by atoms with E-state index in [2.05, 4.69) is 29.5 Å². The lowest BCUT2D eigenvalue weighted by atomic mass is 9.57. The molecule has 1 saturated heterocycles. The summed E-state index contributed by atoms with van der Waals surface area (Å²) in [4.78, 5) is 4.60. The van der Waals surface area contributed by atoms with Gasteiger partial charge in [-0.3, -0.25) is 4.99 Å². The predicted molar refractivity (Wildman–Crippen MR) is 99.7 cm³/mol. The van der Waals surface area contributed by atoms with Crippen LogP contribution < -0.4 is 20.1 Å². The summed E-state index contributed by atoms with van der Waals surface area (Å²) >= 11 is 0. The van der Waals surface area contributed by atoms with Gasteiger partial charge in [-0.2, -0.15) is 0 Å². The molecular formula is C19H29N3O3. The standard InChI is InChI=1S/C19H29N3O3/c1-6-20-18(21-12-7-8-14(23-4)15(11-12)24-5)22-16-13-9-10-25-17(13)19(16,2)3/h7-8,11,13,16-17H,6,9-10H2,1-5H3,(H2,20,21,22). The molecule has 3 unspecified atom stereocenters. The van der Waals surface area contributed by atoms with Crippen LogP contribution >= 0.6 is 0 Å². The van der Waals surface area contributed by atoms with Gasteiger partial charge in [0.15, 0.2) is 17.5 Å². The van der Waals surface area contributed by atoms with Crippen molar-refractivity contribution >= 4 is 11.6 Å². The second kappa shape index (κ2) is 7.12.